The standard InChI is InChI=1S/C25H21F3N4O4S/c1-37(34,35)16-9-7-15(8-10-16)36-22-14-20-19(30-23(31-20)18-5-2-3-11-29-18)13-17(22)21-6-4-12-32(21)24(33)25(26,27)28/h2-3,5,7-11,13-14,21H,4,6,12H2,1H3,(H,30,31). The van der Waals surface area contributed by atoms with Gasteiger partial charge in [-0.25, -0.2) is 13.4 Å². The minimum atomic E-state index is -5.00. The number of nitrogens with zero attached hydrogens (tertiary/aromatic N) is 3. The predicted molar refractivity (Wildman–Crippen MR) is 129 cm³/mol. The Labute approximate surface area is 210 Å². The maximum Gasteiger partial charge on any atom is 0.471 e. The monoisotopic (exact) mass is 530 g/mol. The van der Waals surface area contributed by atoms with Crippen LogP contribution in [-0.2, 0) is 14.6 Å². The maximum absolute atomic E-state index is 13.3. The zero-order chi connectivity index (χ0) is 26.4. The van der Waals surface area contributed by atoms with Gasteiger partial charge >= 0.3 is 12.1 Å². The summed E-state index contributed by atoms with van der Waals surface area (Å²) < 4.78 is 69.6. The molecule has 0 radical (unpaired) electrons. The smallest absolute Gasteiger partial charge is 0.457 e. The van der Waals surface area contributed by atoms with Crippen LogP contribution in [0.1, 0.15) is 24.4 Å². The number of nitrogens with one attached hydrogen (secondary N) is 1. The Morgan fingerprint density at radius 3 is 2.54 bits per heavy atom. The van der Waals surface area contributed by atoms with Gasteiger partial charge in [-0.15, -0.1) is 0 Å². The fraction of sp³-hybridized carbons (Fsp3) is 0.240. The molecule has 1 fully saturated rings. The van der Waals surface area contributed by atoms with E-state index >= 15 is 0 Å². The van der Waals surface area contributed by atoms with Crippen molar-refractivity contribution >= 4 is 26.8 Å². The molecule has 0 bridgehead atoms. The summed E-state index contributed by atoms with van der Waals surface area (Å²) in [5, 5.41) is 0. The summed E-state index contributed by atoms with van der Waals surface area (Å²) in [5.41, 5.74) is 1.99. The molecule has 5 rings (SSSR count). The summed E-state index contributed by atoms with van der Waals surface area (Å²) in [6.45, 7) is -0.0360. The summed E-state index contributed by atoms with van der Waals surface area (Å²) in [7, 11) is -3.42. The third-order valence-electron chi connectivity index (χ3n) is 6.12. The van der Waals surface area contributed by atoms with Gasteiger partial charge in [0.25, 0.3) is 0 Å². The minimum Gasteiger partial charge on any atom is -0.457 e. The van der Waals surface area contributed by atoms with Gasteiger partial charge in [0.1, 0.15) is 17.2 Å². The molecule has 0 saturated carbocycles. The molecule has 8 nitrogen and oxygen atoms in total. The number of likely N-dealkylation sites (tertiary alicyclic amines) is 1. The van der Waals surface area contributed by atoms with Crippen molar-refractivity contribution in [1.82, 2.24) is 19.9 Å². The highest BCUT2D eigenvalue weighted by Gasteiger charge is 2.46. The summed E-state index contributed by atoms with van der Waals surface area (Å²) >= 11 is 0. The fourth-order valence-corrected chi connectivity index (χ4v) is 5.04. The van der Waals surface area contributed by atoms with Crippen molar-refractivity contribution in [3.8, 4) is 23.0 Å². The topological polar surface area (TPSA) is 105 Å². The van der Waals surface area contributed by atoms with Gasteiger partial charge in [-0.2, -0.15) is 13.2 Å². The van der Waals surface area contributed by atoms with Crippen LogP contribution in [0.5, 0.6) is 11.5 Å². The van der Waals surface area contributed by atoms with Crippen LogP contribution in [0, 0.1) is 0 Å². The number of sulfone groups is 1. The van der Waals surface area contributed by atoms with Crippen molar-refractivity contribution in [3.05, 3.63) is 66.4 Å². The zero-order valence-electron chi connectivity index (χ0n) is 19.5. The van der Waals surface area contributed by atoms with Crippen LogP contribution in [-0.4, -0.2) is 53.2 Å². The summed E-state index contributed by atoms with van der Waals surface area (Å²) in [6.07, 6.45) is -1.60. The largest absolute Gasteiger partial charge is 0.471 e. The number of halogens is 3. The number of benzene rings is 2. The molecule has 0 spiro atoms. The molecule has 2 aromatic heterocycles. The highest BCUT2D eigenvalue weighted by atomic mass is 32.2. The van der Waals surface area contributed by atoms with Gasteiger partial charge < -0.3 is 14.6 Å². The number of fused-ring (bicyclic) bond motifs is 1. The van der Waals surface area contributed by atoms with E-state index in [1.165, 1.54) is 24.3 Å². The molecule has 1 aliphatic rings. The number of hydrogen-bond donors (Lipinski definition) is 1. The molecule has 1 unspecified atom stereocenters. The SMILES string of the molecule is CS(=O)(=O)c1ccc(Oc2cc3nc(-c4ccccn4)[nH]c3cc2C2CCCN2C(=O)C(F)(F)F)cc1. The minimum absolute atomic E-state index is 0.0360. The second-order valence-electron chi connectivity index (χ2n) is 8.71. The average molecular weight is 531 g/mol. The second kappa shape index (κ2) is 9.18. The lowest BCUT2D eigenvalue weighted by molar-refractivity contribution is -0.186. The van der Waals surface area contributed by atoms with E-state index in [0.717, 1.165) is 11.2 Å². The number of alkyl halides is 3. The van der Waals surface area contributed by atoms with E-state index in [-0.39, 0.29) is 22.9 Å². The molecule has 1 N–H and O–H groups in total. The lowest BCUT2D eigenvalue weighted by Crippen LogP contribution is -2.40. The van der Waals surface area contributed by atoms with E-state index in [2.05, 4.69) is 15.0 Å². The second-order valence-corrected chi connectivity index (χ2v) is 10.7. The molecule has 192 valence electrons. The van der Waals surface area contributed by atoms with Gasteiger partial charge in [-0.1, -0.05) is 6.07 Å². The molecule has 2 aromatic carbocycles. The number of pyridine rings is 1. The van der Waals surface area contributed by atoms with Gasteiger partial charge in [0.15, 0.2) is 15.7 Å². The number of H-pyrrole nitrogens is 1. The number of carbonyl (C=O) groups excluding carboxylic acids is 1. The molecule has 1 saturated heterocycles. The number of ether oxygens (including phenoxy) is 1. The van der Waals surface area contributed by atoms with Gasteiger partial charge in [0.2, 0.25) is 0 Å². The third-order valence-corrected chi connectivity index (χ3v) is 7.24. The molecule has 37 heavy (non-hydrogen) atoms. The van der Waals surface area contributed by atoms with Crippen molar-refractivity contribution in [1.29, 1.82) is 0 Å². The Hall–Kier alpha value is -3.93. The number of carbonyl (C=O) groups is 1. The van der Waals surface area contributed by atoms with Crippen LogP contribution in [0.25, 0.3) is 22.6 Å². The van der Waals surface area contributed by atoms with Crippen LogP contribution >= 0.6 is 0 Å². The lowest BCUT2D eigenvalue weighted by atomic mass is 10.0. The van der Waals surface area contributed by atoms with Crippen molar-refractivity contribution < 1.29 is 31.1 Å². The van der Waals surface area contributed by atoms with E-state index in [1.807, 2.05) is 0 Å². The number of imidazole rings is 1. The van der Waals surface area contributed by atoms with E-state index in [0.29, 0.717) is 41.0 Å². The molecule has 1 atom stereocenters. The lowest BCUT2D eigenvalue weighted by Gasteiger charge is -2.27. The number of aromatic nitrogens is 3. The first-order valence-electron chi connectivity index (χ1n) is 11.3. The zero-order valence-corrected chi connectivity index (χ0v) is 20.3. The fourth-order valence-electron chi connectivity index (χ4n) is 4.41. The quantitative estimate of drug-likeness (QED) is 0.387. The van der Waals surface area contributed by atoms with E-state index < -0.39 is 28.0 Å². The Morgan fingerprint density at radius 1 is 1.14 bits per heavy atom. The molecular formula is C25H21F3N4O4S. The number of rotatable bonds is 5. The van der Waals surface area contributed by atoms with Crippen molar-refractivity contribution in [2.45, 2.75) is 30.0 Å². The van der Waals surface area contributed by atoms with Gasteiger partial charge in [0.05, 0.1) is 22.0 Å². The first-order chi connectivity index (χ1) is 17.5. The van der Waals surface area contributed by atoms with Gasteiger partial charge in [-0.05, 0) is 55.3 Å². The molecule has 1 aliphatic heterocycles. The number of aromatic amines is 1. The van der Waals surface area contributed by atoms with Crippen LogP contribution in [0.4, 0.5) is 13.2 Å². The molecule has 1 amide bonds. The number of hydrogen-bond acceptors (Lipinski definition) is 6. The van der Waals surface area contributed by atoms with Crippen molar-refractivity contribution in [2.24, 2.45) is 0 Å². The molecule has 0 aliphatic carbocycles. The highest BCUT2D eigenvalue weighted by molar-refractivity contribution is 7.90. The highest BCUT2D eigenvalue weighted by Crippen LogP contribution is 2.42. The number of amides is 1. The summed E-state index contributed by atoms with van der Waals surface area (Å²) in [5.74, 6) is -0.950. The Morgan fingerprint density at radius 2 is 1.89 bits per heavy atom. The molecular weight excluding hydrogens is 509 g/mol. The first-order valence-corrected chi connectivity index (χ1v) is 13.2. The molecule has 4 aromatic rings. The van der Waals surface area contributed by atoms with Gasteiger partial charge in [0, 0.05) is 30.6 Å². The van der Waals surface area contributed by atoms with Crippen molar-refractivity contribution in [2.75, 3.05) is 12.8 Å². The molecule has 12 heteroatoms. The van der Waals surface area contributed by atoms with Crippen molar-refractivity contribution in [3.63, 3.8) is 0 Å². The third kappa shape index (κ3) is 5.01. The normalized spacial score (nSPS) is 16.3. The average Bonchev–Trinajstić information content (AvgIpc) is 3.50. The summed E-state index contributed by atoms with van der Waals surface area (Å²) in [6, 6.07) is 13.4. The Balaban J connectivity index is 1.60. The van der Waals surface area contributed by atoms with Crippen LogP contribution in [0.15, 0.2) is 65.7 Å². The van der Waals surface area contributed by atoms with Crippen LogP contribution in [0.3, 0.4) is 0 Å². The van der Waals surface area contributed by atoms with Gasteiger partial charge in [-0.3, -0.25) is 9.78 Å². The van der Waals surface area contributed by atoms with Crippen LogP contribution in [0.2, 0.25) is 0 Å². The van der Waals surface area contributed by atoms with E-state index in [4.69, 9.17) is 4.74 Å². The first kappa shape index (κ1) is 24.8. The van der Waals surface area contributed by atoms with E-state index in [1.54, 1.807) is 36.5 Å². The summed E-state index contributed by atoms with van der Waals surface area (Å²) in [4.78, 5) is 25.1. The Bertz CT molecular complexity index is 1570. The Kier molecular flexibility index (Phi) is 6.14. The molecule has 3 heterocycles. The van der Waals surface area contributed by atoms with E-state index in [9.17, 15) is 26.4 Å². The maximum atomic E-state index is 13.3. The van der Waals surface area contributed by atoms with Crippen LogP contribution < -0.4 is 4.74 Å². The predicted octanol–water partition coefficient (Wildman–Crippen LogP) is 5.05.